The van der Waals surface area contributed by atoms with Crippen molar-refractivity contribution in [2.75, 3.05) is 0 Å². The van der Waals surface area contributed by atoms with Crippen LogP contribution in [0.2, 0.25) is 0 Å². The minimum Gasteiger partial charge on any atom is -0.507 e. The van der Waals surface area contributed by atoms with Gasteiger partial charge in [0.05, 0.1) is 23.7 Å². The van der Waals surface area contributed by atoms with Crippen LogP contribution in [-0.4, -0.2) is 64.7 Å². The van der Waals surface area contributed by atoms with Crippen LogP contribution in [0, 0.1) is 0 Å². The van der Waals surface area contributed by atoms with Gasteiger partial charge < -0.3 is 40.9 Å². The smallest absolute Gasteiger partial charge is 0.314 e. The highest BCUT2D eigenvalue weighted by Gasteiger charge is 2.24. The summed E-state index contributed by atoms with van der Waals surface area (Å²) in [6, 6.07) is 14.6. The molecule has 0 aliphatic carbocycles. The van der Waals surface area contributed by atoms with Gasteiger partial charge in [0.1, 0.15) is 23.0 Å². The maximum Gasteiger partial charge on any atom is 0.314 e. The van der Waals surface area contributed by atoms with Gasteiger partial charge in [0, 0.05) is 0 Å². The number of rotatable bonds is 36. The number of hydrogen-bond acceptors (Lipinski definition) is 8. The van der Waals surface area contributed by atoms with Crippen LogP contribution in [0.25, 0.3) is 0 Å². The Labute approximate surface area is 511 Å². The third-order valence-electron chi connectivity index (χ3n) is 15.0. The summed E-state index contributed by atoms with van der Waals surface area (Å²) in [5, 5.41) is 78.7. The lowest BCUT2D eigenvalue weighted by Crippen LogP contribution is -2.10. The third-order valence-corrected chi connectivity index (χ3v) is 15.0. The molecule has 472 valence electrons. The van der Waals surface area contributed by atoms with E-state index in [1.165, 1.54) is 24.3 Å². The van der Waals surface area contributed by atoms with E-state index >= 15 is 0 Å². The predicted octanol–water partition coefficient (Wildman–Crippen LogP) is 18.4. The van der Waals surface area contributed by atoms with Gasteiger partial charge in [0.15, 0.2) is 0 Å². The Bertz CT molecular complexity index is 2220. The average Bonchev–Trinajstić information content (AvgIpc) is 2.50. The number of aliphatic carboxylic acids is 4. The summed E-state index contributed by atoms with van der Waals surface area (Å²) >= 11 is 0. The molecule has 8 N–H and O–H groups in total. The topological polar surface area (TPSA) is 230 Å². The summed E-state index contributed by atoms with van der Waals surface area (Å²) in [7, 11) is 0. The number of phenolic OH excluding ortho intramolecular Hbond substituents is 4. The van der Waals surface area contributed by atoms with Gasteiger partial charge in [-0.3, -0.25) is 19.2 Å². The minimum atomic E-state index is -0.904. The van der Waals surface area contributed by atoms with Crippen molar-refractivity contribution >= 4 is 23.9 Å². The van der Waals surface area contributed by atoms with Gasteiger partial charge in [-0.25, -0.2) is 0 Å². The number of benzene rings is 4. The van der Waals surface area contributed by atoms with Gasteiger partial charge in [-0.05, 0) is 169 Å². The van der Waals surface area contributed by atoms with Crippen molar-refractivity contribution in [3.05, 3.63) is 166 Å². The first kappa shape index (κ1) is 77.9. The molecule has 85 heavy (non-hydrogen) atoms. The molecule has 4 aromatic carbocycles. The van der Waals surface area contributed by atoms with Gasteiger partial charge in [0.2, 0.25) is 0 Å². The fraction of sp³-hybridized carbons (Fsp3) is 0.507. The molecule has 12 heteroatoms. The van der Waals surface area contributed by atoms with Crippen LogP contribution in [0.1, 0.15) is 256 Å². The molecule has 0 saturated heterocycles. The molecule has 4 aromatic rings. The molecule has 4 unspecified atom stereocenters. The van der Waals surface area contributed by atoms with Crippen LogP contribution < -0.4 is 0 Å². The van der Waals surface area contributed by atoms with E-state index in [0.717, 1.165) is 199 Å². The van der Waals surface area contributed by atoms with Gasteiger partial charge >= 0.3 is 23.9 Å². The lowest BCUT2D eigenvalue weighted by atomic mass is 9.91. The average molecular weight is 1180 g/mol. The van der Waals surface area contributed by atoms with Crippen molar-refractivity contribution in [1.29, 1.82) is 0 Å². The molecule has 0 aliphatic rings. The zero-order valence-corrected chi connectivity index (χ0v) is 52.2. The summed E-state index contributed by atoms with van der Waals surface area (Å²) in [6.45, 7) is 31.3. The molecule has 0 spiro atoms. The van der Waals surface area contributed by atoms with E-state index in [-0.39, 0.29) is 7.43 Å². The molecule has 0 fully saturated rings. The fourth-order valence-electron chi connectivity index (χ4n) is 9.85. The van der Waals surface area contributed by atoms with Gasteiger partial charge in [-0.15, -0.1) is 26.3 Å². The molecule has 12 nitrogen and oxygen atoms in total. The van der Waals surface area contributed by atoms with Gasteiger partial charge in [-0.1, -0.05) is 187 Å². The van der Waals surface area contributed by atoms with E-state index < -0.39 is 47.5 Å². The number of aromatic hydroxyl groups is 4. The normalized spacial score (nSPS) is 12.0. The van der Waals surface area contributed by atoms with E-state index in [0.29, 0.717) is 45.3 Å². The number of hydrogen-bond donors (Lipinski definition) is 8. The number of unbranched alkanes of at least 4 members (excludes halogenated alkanes) is 8. The molecule has 0 saturated carbocycles. The maximum absolute atomic E-state index is 11.3. The lowest BCUT2D eigenvalue weighted by Gasteiger charge is -2.15. The van der Waals surface area contributed by atoms with E-state index in [2.05, 4.69) is 81.7 Å². The molecule has 0 bridgehead atoms. The quantitative estimate of drug-likeness (QED) is 0.0199. The SMILES string of the molecule is C.C=CC(C(=O)O)c1cc(CCCC)c(O)c(CCCC)c1.C=CC(C(=O)O)c1cc(CCCC)c(O)c(CCCC)c1.C=CC(C(=O)O)c1cc(CCCC)c(O)c(CCCC)c1.C=CC(C(=O)O)c1cc(CCCC)c(O)c(CCCC)c1. The molecule has 4 rings (SSSR count). The maximum atomic E-state index is 11.3. The van der Waals surface area contributed by atoms with Gasteiger partial charge in [0.25, 0.3) is 0 Å². The van der Waals surface area contributed by atoms with E-state index in [9.17, 15) is 60.0 Å². The summed E-state index contributed by atoms with van der Waals surface area (Å²) < 4.78 is 0. The Morgan fingerprint density at radius 3 is 0.506 bits per heavy atom. The number of carboxylic acids is 4. The highest BCUT2D eigenvalue weighted by atomic mass is 16.4. The van der Waals surface area contributed by atoms with Crippen LogP contribution in [0.4, 0.5) is 0 Å². The number of phenols is 4. The zero-order chi connectivity index (χ0) is 63.3. The Hall–Kier alpha value is -7.08. The minimum absolute atomic E-state index is 0. The molecule has 0 amide bonds. The van der Waals surface area contributed by atoms with Crippen molar-refractivity contribution in [3.8, 4) is 23.0 Å². The van der Waals surface area contributed by atoms with Crippen LogP contribution in [0.3, 0.4) is 0 Å². The number of carbonyl (C=O) groups is 4. The fourth-order valence-corrected chi connectivity index (χ4v) is 9.85. The summed E-state index contributed by atoms with van der Waals surface area (Å²) in [5.41, 5.74) is 9.70. The van der Waals surface area contributed by atoms with Crippen LogP contribution in [-0.2, 0) is 70.5 Å². The zero-order valence-electron chi connectivity index (χ0n) is 52.2. The van der Waals surface area contributed by atoms with Gasteiger partial charge in [-0.2, -0.15) is 0 Å². The highest BCUT2D eigenvalue weighted by Crippen LogP contribution is 2.35. The molecule has 0 heterocycles. The lowest BCUT2D eigenvalue weighted by molar-refractivity contribution is -0.138. The second-order valence-corrected chi connectivity index (χ2v) is 21.8. The summed E-state index contributed by atoms with van der Waals surface area (Å²) in [6.07, 6.45) is 28.2. The molecular formula is C73H108O12. The Morgan fingerprint density at radius 2 is 0.424 bits per heavy atom. The largest absolute Gasteiger partial charge is 0.507 e. The first-order valence-electron chi connectivity index (χ1n) is 31.0. The second kappa shape index (κ2) is 43.5. The first-order chi connectivity index (χ1) is 40.2. The van der Waals surface area contributed by atoms with Crippen molar-refractivity contribution in [2.24, 2.45) is 0 Å². The molecule has 4 atom stereocenters. The standard InChI is InChI=1S/4C18H26O3.CH4/c4*1-4-7-9-13-11-15(16(6-3)18(20)21)12-14(17(13)19)10-8-5-2;/h4*6,11-12,16,19H,3-5,7-10H2,1-2H3,(H,20,21);1H4. The number of carboxylic acid groups (broad SMARTS) is 4. The molecule has 0 aliphatic heterocycles. The van der Waals surface area contributed by atoms with Crippen molar-refractivity contribution in [1.82, 2.24) is 0 Å². The van der Waals surface area contributed by atoms with Crippen LogP contribution in [0.15, 0.2) is 99.2 Å². The first-order valence-corrected chi connectivity index (χ1v) is 31.0. The van der Waals surface area contributed by atoms with E-state index in [1.54, 1.807) is 0 Å². The predicted molar refractivity (Wildman–Crippen MR) is 350 cm³/mol. The number of aryl methyl sites for hydroxylation is 8. The molecule has 0 radical (unpaired) electrons. The third kappa shape index (κ3) is 26.0. The Morgan fingerprint density at radius 1 is 0.306 bits per heavy atom. The summed E-state index contributed by atoms with van der Waals surface area (Å²) in [4.78, 5) is 45.3. The monoisotopic (exact) mass is 1180 g/mol. The Balaban J connectivity index is 0.00000110. The van der Waals surface area contributed by atoms with E-state index in [4.69, 9.17) is 0 Å². The van der Waals surface area contributed by atoms with Crippen molar-refractivity contribution < 1.29 is 60.0 Å². The van der Waals surface area contributed by atoms with Crippen LogP contribution in [0.5, 0.6) is 23.0 Å². The second-order valence-electron chi connectivity index (χ2n) is 21.8. The van der Waals surface area contributed by atoms with E-state index in [1.807, 2.05) is 48.5 Å². The summed E-state index contributed by atoms with van der Waals surface area (Å²) in [5.74, 6) is -5.12. The van der Waals surface area contributed by atoms with Crippen molar-refractivity contribution in [3.63, 3.8) is 0 Å². The molecular weight excluding hydrogens is 1070 g/mol. The van der Waals surface area contributed by atoms with Crippen molar-refractivity contribution in [2.45, 2.75) is 241 Å². The Kier molecular flexibility index (Phi) is 39.9. The van der Waals surface area contributed by atoms with Crippen LogP contribution >= 0.6 is 0 Å². The molecule has 0 aromatic heterocycles. The highest BCUT2D eigenvalue weighted by molar-refractivity contribution is 5.80.